The van der Waals surface area contributed by atoms with Crippen molar-refractivity contribution in [3.63, 3.8) is 0 Å². The number of ether oxygens (including phenoxy) is 3. The molecular formula is C58H98O6. The Labute approximate surface area is 395 Å². The SMILES string of the molecule is CC/C=C\C/C=C\C/C=C\C/C=C\C/C=C\CCC(=O)OC(COC(=O)CCCCCCCCCCCCC)COC(=O)CCCCCCCCCCCC/C=C\C=C/CCCCC. The van der Waals surface area contributed by atoms with E-state index in [0.29, 0.717) is 19.3 Å². The normalized spacial score (nSPS) is 12.7. The standard InChI is InChI=1S/C58H98O6/c1-4-7-10-13-16-19-22-24-26-28-29-30-32-33-36-39-42-45-48-51-57(60)63-54-55(53-62-56(59)50-47-44-41-38-35-21-18-15-12-9-6-3)64-58(61)52-49-46-43-40-37-34-31-27-25-23-20-17-14-11-8-5-2/h8,11,16-17,19-20,22,24-25,27,34,37,43,46,55H,4-7,9-10,12-15,18,21,23,26,28-33,35-36,38-42,44-45,47-54H2,1-3H3/b11-8-,19-16-,20-17-,24-22-,27-25-,37-34-,46-43-. The average Bonchev–Trinajstić information content (AvgIpc) is 3.29. The first-order chi connectivity index (χ1) is 31.5. The summed E-state index contributed by atoms with van der Waals surface area (Å²) in [5.74, 6) is -0.992. The fourth-order valence-corrected chi connectivity index (χ4v) is 7.19. The molecular weight excluding hydrogens is 793 g/mol. The summed E-state index contributed by atoms with van der Waals surface area (Å²) in [6.45, 7) is 6.43. The third kappa shape index (κ3) is 49.6. The van der Waals surface area contributed by atoms with Crippen molar-refractivity contribution in [2.24, 2.45) is 0 Å². The minimum Gasteiger partial charge on any atom is -0.462 e. The van der Waals surface area contributed by atoms with Crippen molar-refractivity contribution in [2.45, 2.75) is 252 Å². The van der Waals surface area contributed by atoms with Gasteiger partial charge in [0, 0.05) is 19.3 Å². The molecule has 366 valence electrons. The van der Waals surface area contributed by atoms with Gasteiger partial charge in [-0.05, 0) is 77.0 Å². The van der Waals surface area contributed by atoms with Crippen molar-refractivity contribution < 1.29 is 28.6 Å². The number of rotatable bonds is 47. The van der Waals surface area contributed by atoms with Crippen LogP contribution in [0, 0.1) is 0 Å². The van der Waals surface area contributed by atoms with Crippen LogP contribution in [0.15, 0.2) is 85.1 Å². The Morgan fingerprint density at radius 3 is 1.11 bits per heavy atom. The van der Waals surface area contributed by atoms with E-state index < -0.39 is 12.1 Å². The van der Waals surface area contributed by atoms with Gasteiger partial charge in [0.1, 0.15) is 13.2 Å². The number of esters is 3. The minimum absolute atomic E-state index is 0.106. The number of carbonyl (C=O) groups excluding carboxylic acids is 3. The van der Waals surface area contributed by atoms with Gasteiger partial charge in [-0.1, -0.05) is 234 Å². The van der Waals surface area contributed by atoms with Gasteiger partial charge in [-0.3, -0.25) is 14.4 Å². The molecule has 6 nitrogen and oxygen atoms in total. The lowest BCUT2D eigenvalue weighted by Gasteiger charge is -2.18. The van der Waals surface area contributed by atoms with E-state index in [4.69, 9.17) is 14.2 Å². The molecule has 0 aromatic rings. The van der Waals surface area contributed by atoms with Crippen molar-refractivity contribution in [3.8, 4) is 0 Å². The van der Waals surface area contributed by atoms with Gasteiger partial charge in [-0.25, -0.2) is 0 Å². The van der Waals surface area contributed by atoms with E-state index in [1.807, 2.05) is 12.2 Å². The minimum atomic E-state index is -0.815. The van der Waals surface area contributed by atoms with Gasteiger partial charge < -0.3 is 14.2 Å². The topological polar surface area (TPSA) is 78.9 Å². The second-order valence-corrected chi connectivity index (χ2v) is 17.4. The zero-order valence-corrected chi connectivity index (χ0v) is 41.8. The molecule has 1 atom stereocenters. The molecule has 0 rings (SSSR count). The van der Waals surface area contributed by atoms with E-state index in [1.54, 1.807) is 0 Å². The van der Waals surface area contributed by atoms with Gasteiger partial charge in [-0.15, -0.1) is 0 Å². The molecule has 0 radical (unpaired) electrons. The van der Waals surface area contributed by atoms with Crippen molar-refractivity contribution in [1.82, 2.24) is 0 Å². The molecule has 64 heavy (non-hydrogen) atoms. The molecule has 0 heterocycles. The van der Waals surface area contributed by atoms with Gasteiger partial charge in [-0.2, -0.15) is 0 Å². The van der Waals surface area contributed by atoms with E-state index in [-0.39, 0.29) is 31.6 Å². The van der Waals surface area contributed by atoms with Gasteiger partial charge in [0.25, 0.3) is 0 Å². The van der Waals surface area contributed by atoms with Crippen LogP contribution < -0.4 is 0 Å². The predicted molar refractivity (Wildman–Crippen MR) is 274 cm³/mol. The molecule has 1 unspecified atom stereocenters. The number of carbonyl (C=O) groups is 3. The molecule has 0 aliphatic heterocycles. The highest BCUT2D eigenvalue weighted by molar-refractivity contribution is 5.71. The first kappa shape index (κ1) is 60.6. The summed E-state index contributed by atoms with van der Waals surface area (Å²) in [6.07, 6.45) is 67.2. The fraction of sp³-hybridized carbons (Fsp3) is 0.707. The highest BCUT2D eigenvalue weighted by atomic mass is 16.6. The maximum Gasteiger partial charge on any atom is 0.306 e. The maximum absolute atomic E-state index is 12.8. The van der Waals surface area contributed by atoms with Crippen molar-refractivity contribution in [1.29, 1.82) is 0 Å². The smallest absolute Gasteiger partial charge is 0.306 e. The molecule has 0 aliphatic carbocycles. The maximum atomic E-state index is 12.8. The van der Waals surface area contributed by atoms with Crippen molar-refractivity contribution >= 4 is 17.9 Å². The Hall–Kier alpha value is -3.41. The molecule has 0 spiro atoms. The Balaban J connectivity index is 4.44. The number of unbranched alkanes of at least 4 members (excludes halogenated alkanes) is 23. The van der Waals surface area contributed by atoms with Crippen LogP contribution in [0.4, 0.5) is 0 Å². The van der Waals surface area contributed by atoms with Crippen LogP contribution in [0.2, 0.25) is 0 Å². The highest BCUT2D eigenvalue weighted by Gasteiger charge is 2.19. The van der Waals surface area contributed by atoms with Crippen molar-refractivity contribution in [3.05, 3.63) is 85.1 Å². The molecule has 0 aromatic heterocycles. The highest BCUT2D eigenvalue weighted by Crippen LogP contribution is 2.15. The Morgan fingerprint density at radius 1 is 0.344 bits per heavy atom. The van der Waals surface area contributed by atoms with Crippen LogP contribution >= 0.6 is 0 Å². The summed E-state index contributed by atoms with van der Waals surface area (Å²) < 4.78 is 16.7. The molecule has 0 saturated carbocycles. The molecule has 0 N–H and O–H groups in total. The van der Waals surface area contributed by atoms with Gasteiger partial charge in [0.05, 0.1) is 0 Å². The number of hydrogen-bond donors (Lipinski definition) is 0. The van der Waals surface area contributed by atoms with Crippen LogP contribution in [0.5, 0.6) is 0 Å². The van der Waals surface area contributed by atoms with Crippen LogP contribution in [0.25, 0.3) is 0 Å². The second-order valence-electron chi connectivity index (χ2n) is 17.4. The third-order valence-corrected chi connectivity index (χ3v) is 11.2. The molecule has 0 aliphatic rings. The first-order valence-electron chi connectivity index (χ1n) is 26.6. The van der Waals surface area contributed by atoms with Crippen molar-refractivity contribution in [2.75, 3.05) is 13.2 Å². The van der Waals surface area contributed by atoms with E-state index in [0.717, 1.165) is 70.6 Å². The van der Waals surface area contributed by atoms with Crippen LogP contribution in [0.1, 0.15) is 245 Å². The lowest BCUT2D eigenvalue weighted by Crippen LogP contribution is -2.30. The van der Waals surface area contributed by atoms with Gasteiger partial charge in [0.15, 0.2) is 6.10 Å². The lowest BCUT2D eigenvalue weighted by atomic mass is 10.1. The summed E-state index contributed by atoms with van der Waals surface area (Å²) >= 11 is 0. The Morgan fingerprint density at radius 2 is 0.688 bits per heavy atom. The largest absolute Gasteiger partial charge is 0.462 e. The lowest BCUT2D eigenvalue weighted by molar-refractivity contribution is -0.166. The molecule has 0 bridgehead atoms. The quantitative estimate of drug-likeness (QED) is 0.0199. The monoisotopic (exact) mass is 891 g/mol. The molecule has 6 heteroatoms. The predicted octanol–water partition coefficient (Wildman–Crippen LogP) is 17.6. The van der Waals surface area contributed by atoms with Crippen LogP contribution in [0.3, 0.4) is 0 Å². The molecule has 0 fully saturated rings. The number of hydrogen-bond acceptors (Lipinski definition) is 6. The zero-order valence-electron chi connectivity index (χ0n) is 41.8. The molecule has 0 amide bonds. The molecule has 0 aromatic carbocycles. The van der Waals surface area contributed by atoms with E-state index in [1.165, 1.54) is 128 Å². The summed E-state index contributed by atoms with van der Waals surface area (Å²) in [6, 6.07) is 0. The third-order valence-electron chi connectivity index (χ3n) is 11.2. The Kier molecular flexibility index (Phi) is 49.4. The first-order valence-corrected chi connectivity index (χ1v) is 26.6. The fourth-order valence-electron chi connectivity index (χ4n) is 7.19. The van der Waals surface area contributed by atoms with Gasteiger partial charge in [0.2, 0.25) is 0 Å². The zero-order chi connectivity index (χ0) is 46.5. The van der Waals surface area contributed by atoms with Crippen LogP contribution in [-0.2, 0) is 28.6 Å². The molecule has 0 saturated heterocycles. The van der Waals surface area contributed by atoms with Crippen LogP contribution in [-0.4, -0.2) is 37.2 Å². The Bertz CT molecular complexity index is 1250. The van der Waals surface area contributed by atoms with Gasteiger partial charge >= 0.3 is 17.9 Å². The second kappa shape index (κ2) is 52.2. The number of allylic oxidation sites excluding steroid dienone is 14. The summed E-state index contributed by atoms with van der Waals surface area (Å²) in [7, 11) is 0. The van der Waals surface area contributed by atoms with E-state index in [2.05, 4.69) is 93.7 Å². The average molecular weight is 891 g/mol. The van der Waals surface area contributed by atoms with E-state index >= 15 is 0 Å². The summed E-state index contributed by atoms with van der Waals surface area (Å²) in [5.41, 5.74) is 0. The van der Waals surface area contributed by atoms with E-state index in [9.17, 15) is 14.4 Å². The summed E-state index contributed by atoms with van der Waals surface area (Å²) in [5, 5.41) is 0. The summed E-state index contributed by atoms with van der Waals surface area (Å²) in [4.78, 5) is 38.0.